The lowest BCUT2D eigenvalue weighted by Crippen LogP contribution is -2.43. The topological polar surface area (TPSA) is 90.7 Å². The molecule has 1 unspecified atom stereocenters. The van der Waals surface area contributed by atoms with Gasteiger partial charge >= 0.3 is 5.97 Å². The van der Waals surface area contributed by atoms with Gasteiger partial charge in [0.25, 0.3) is 5.91 Å². The molecule has 7 heteroatoms. The molecule has 0 aliphatic rings. The van der Waals surface area contributed by atoms with Crippen LogP contribution in [-0.4, -0.2) is 31.1 Å². The van der Waals surface area contributed by atoms with E-state index in [-0.39, 0.29) is 6.61 Å². The second kappa shape index (κ2) is 7.72. The molecule has 0 radical (unpaired) electrons. The van der Waals surface area contributed by atoms with Gasteiger partial charge in [0, 0.05) is 5.02 Å². The fraction of sp³-hybridized carbons (Fsp3) is 0.385. The Morgan fingerprint density at radius 1 is 1.35 bits per heavy atom. The summed E-state index contributed by atoms with van der Waals surface area (Å²) in [5.74, 6) is -1.03. The minimum Gasteiger partial charge on any atom is -0.492 e. The molecule has 3 N–H and O–H groups in total. The van der Waals surface area contributed by atoms with E-state index >= 15 is 0 Å². The van der Waals surface area contributed by atoms with Gasteiger partial charge in [-0.25, -0.2) is 4.79 Å². The van der Waals surface area contributed by atoms with Crippen molar-refractivity contribution in [3.05, 3.63) is 23.2 Å². The molecule has 1 amide bonds. The predicted molar refractivity (Wildman–Crippen MR) is 75.9 cm³/mol. The lowest BCUT2D eigenvalue weighted by molar-refractivity contribution is -0.146. The van der Waals surface area contributed by atoms with Gasteiger partial charge in [-0.05, 0) is 32.0 Å². The molecule has 0 bridgehead atoms. The maximum Gasteiger partial charge on any atom is 0.332 e. The number of carbonyl (C=O) groups excluding carboxylic acids is 2. The van der Waals surface area contributed by atoms with E-state index in [0.29, 0.717) is 23.1 Å². The summed E-state index contributed by atoms with van der Waals surface area (Å²) in [6.07, 6.45) is 0. The number of esters is 1. The van der Waals surface area contributed by atoms with Gasteiger partial charge < -0.3 is 20.5 Å². The summed E-state index contributed by atoms with van der Waals surface area (Å²) in [6, 6.07) is 3.37. The molecule has 0 aliphatic heterocycles. The van der Waals surface area contributed by atoms with Crippen molar-refractivity contribution in [2.75, 3.05) is 18.5 Å². The van der Waals surface area contributed by atoms with Crippen LogP contribution >= 0.6 is 11.6 Å². The minimum atomic E-state index is -1.40. The van der Waals surface area contributed by atoms with E-state index in [1.54, 1.807) is 19.1 Å². The Balaban J connectivity index is 2.84. The van der Waals surface area contributed by atoms with Crippen molar-refractivity contribution in [2.24, 2.45) is 5.73 Å². The molecule has 0 saturated heterocycles. The highest BCUT2D eigenvalue weighted by atomic mass is 35.5. The highest BCUT2D eigenvalue weighted by Crippen LogP contribution is 2.28. The van der Waals surface area contributed by atoms with E-state index in [1.807, 2.05) is 6.92 Å². The number of hydrogen-bond acceptors (Lipinski definition) is 5. The molecular weight excluding hydrogens is 284 g/mol. The van der Waals surface area contributed by atoms with Gasteiger partial charge in [-0.2, -0.15) is 0 Å². The summed E-state index contributed by atoms with van der Waals surface area (Å²) in [4.78, 5) is 23.2. The van der Waals surface area contributed by atoms with Gasteiger partial charge in [-0.1, -0.05) is 11.6 Å². The van der Waals surface area contributed by atoms with Crippen LogP contribution in [0, 0.1) is 0 Å². The molecule has 1 aromatic rings. The van der Waals surface area contributed by atoms with Crippen molar-refractivity contribution in [3.8, 4) is 5.75 Å². The quantitative estimate of drug-likeness (QED) is 0.614. The van der Waals surface area contributed by atoms with E-state index in [1.165, 1.54) is 6.07 Å². The first-order chi connectivity index (χ1) is 9.49. The molecule has 0 heterocycles. The number of ether oxygens (including phenoxy) is 2. The number of anilines is 1. The first-order valence-electron chi connectivity index (χ1n) is 6.15. The molecule has 0 aromatic heterocycles. The third-order valence-electron chi connectivity index (χ3n) is 2.32. The summed E-state index contributed by atoms with van der Waals surface area (Å²) in [7, 11) is 0. The standard InChI is InChI=1S/C13H17ClN2O4/c1-3-19-10-6-5-8(14)7-9(10)16-12(17)11(15)13(18)20-4-2/h5-7,11H,3-4,15H2,1-2H3,(H,16,17). The molecule has 1 rings (SSSR count). The van der Waals surface area contributed by atoms with Crippen molar-refractivity contribution in [3.63, 3.8) is 0 Å². The van der Waals surface area contributed by atoms with Crippen LogP contribution in [0.25, 0.3) is 0 Å². The van der Waals surface area contributed by atoms with Gasteiger partial charge in [-0.15, -0.1) is 0 Å². The van der Waals surface area contributed by atoms with Gasteiger partial charge in [-0.3, -0.25) is 4.79 Å². The molecule has 0 aliphatic carbocycles. The lowest BCUT2D eigenvalue weighted by Gasteiger charge is -2.14. The van der Waals surface area contributed by atoms with Crippen LogP contribution in [0.1, 0.15) is 13.8 Å². The Kier molecular flexibility index (Phi) is 6.27. The van der Waals surface area contributed by atoms with E-state index in [9.17, 15) is 9.59 Å². The lowest BCUT2D eigenvalue weighted by atomic mass is 10.2. The van der Waals surface area contributed by atoms with Gasteiger partial charge in [0.15, 0.2) is 6.04 Å². The average Bonchev–Trinajstić information content (AvgIpc) is 2.41. The summed E-state index contributed by atoms with van der Waals surface area (Å²) in [5, 5.41) is 2.93. The summed E-state index contributed by atoms with van der Waals surface area (Å²) >= 11 is 5.86. The van der Waals surface area contributed by atoms with Crippen LogP contribution in [0.15, 0.2) is 18.2 Å². The normalized spacial score (nSPS) is 11.6. The van der Waals surface area contributed by atoms with Crippen LogP contribution in [0.5, 0.6) is 5.75 Å². The molecular formula is C13H17ClN2O4. The monoisotopic (exact) mass is 300 g/mol. The Morgan fingerprint density at radius 2 is 2.05 bits per heavy atom. The van der Waals surface area contributed by atoms with Crippen molar-refractivity contribution in [2.45, 2.75) is 19.9 Å². The molecule has 1 aromatic carbocycles. The fourth-order valence-electron chi connectivity index (χ4n) is 1.43. The Labute approximate surface area is 122 Å². The zero-order chi connectivity index (χ0) is 15.1. The number of amides is 1. The highest BCUT2D eigenvalue weighted by Gasteiger charge is 2.24. The SMILES string of the molecule is CCOC(=O)C(N)C(=O)Nc1cc(Cl)ccc1OCC. The molecule has 20 heavy (non-hydrogen) atoms. The van der Waals surface area contributed by atoms with Crippen LogP contribution < -0.4 is 15.8 Å². The number of hydrogen-bond donors (Lipinski definition) is 2. The fourth-order valence-corrected chi connectivity index (χ4v) is 1.60. The third-order valence-corrected chi connectivity index (χ3v) is 2.56. The molecule has 6 nitrogen and oxygen atoms in total. The van der Waals surface area contributed by atoms with Gasteiger partial charge in [0.05, 0.1) is 18.9 Å². The molecule has 0 saturated carbocycles. The number of nitrogens with one attached hydrogen (secondary N) is 1. The second-order valence-corrected chi connectivity index (χ2v) is 4.23. The van der Waals surface area contributed by atoms with Crippen LogP contribution in [0.3, 0.4) is 0 Å². The Morgan fingerprint density at radius 3 is 2.65 bits per heavy atom. The summed E-state index contributed by atoms with van der Waals surface area (Å²) in [5.41, 5.74) is 5.85. The summed E-state index contributed by atoms with van der Waals surface area (Å²) < 4.78 is 10.0. The second-order valence-electron chi connectivity index (χ2n) is 3.79. The number of nitrogens with two attached hydrogens (primary N) is 1. The zero-order valence-corrected chi connectivity index (χ0v) is 12.1. The average molecular weight is 301 g/mol. The zero-order valence-electron chi connectivity index (χ0n) is 11.3. The van der Waals surface area contributed by atoms with Crippen molar-refractivity contribution < 1.29 is 19.1 Å². The molecule has 0 spiro atoms. The van der Waals surface area contributed by atoms with E-state index in [0.717, 1.165) is 0 Å². The van der Waals surface area contributed by atoms with Crippen molar-refractivity contribution in [1.82, 2.24) is 0 Å². The summed E-state index contributed by atoms with van der Waals surface area (Å²) in [6.45, 7) is 4.02. The minimum absolute atomic E-state index is 0.154. The van der Waals surface area contributed by atoms with E-state index in [4.69, 9.17) is 22.1 Å². The largest absolute Gasteiger partial charge is 0.492 e. The predicted octanol–water partition coefficient (Wildman–Crippen LogP) is 1.57. The van der Waals surface area contributed by atoms with Gasteiger partial charge in [0.2, 0.25) is 0 Å². The number of carbonyl (C=O) groups is 2. The van der Waals surface area contributed by atoms with Crippen molar-refractivity contribution >= 4 is 29.2 Å². The van der Waals surface area contributed by atoms with Gasteiger partial charge in [0.1, 0.15) is 5.75 Å². The van der Waals surface area contributed by atoms with Crippen LogP contribution in [0.4, 0.5) is 5.69 Å². The van der Waals surface area contributed by atoms with Crippen LogP contribution in [-0.2, 0) is 14.3 Å². The first kappa shape index (κ1) is 16.3. The van der Waals surface area contributed by atoms with E-state index in [2.05, 4.69) is 10.1 Å². The smallest absolute Gasteiger partial charge is 0.332 e. The number of halogens is 1. The maximum atomic E-state index is 11.9. The maximum absolute atomic E-state index is 11.9. The first-order valence-corrected chi connectivity index (χ1v) is 6.52. The number of rotatable bonds is 6. The molecule has 1 atom stereocenters. The Bertz CT molecular complexity index is 493. The third kappa shape index (κ3) is 4.40. The Hall–Kier alpha value is -1.79. The number of benzene rings is 1. The van der Waals surface area contributed by atoms with Crippen LogP contribution in [0.2, 0.25) is 5.02 Å². The molecule has 0 fully saturated rings. The molecule has 110 valence electrons. The highest BCUT2D eigenvalue weighted by molar-refractivity contribution is 6.31. The van der Waals surface area contributed by atoms with Crippen molar-refractivity contribution in [1.29, 1.82) is 0 Å². The van der Waals surface area contributed by atoms with E-state index < -0.39 is 17.9 Å².